The Kier molecular flexibility index (Phi) is 5.07. The van der Waals surface area contributed by atoms with Crippen molar-refractivity contribution in [2.75, 3.05) is 24.5 Å². The number of benzene rings is 1. The monoisotopic (exact) mass is 352 g/mol. The van der Waals surface area contributed by atoms with Gasteiger partial charge in [0.2, 0.25) is 0 Å². The molecule has 1 amide bonds. The molecule has 0 radical (unpaired) electrons. The molecule has 26 heavy (non-hydrogen) atoms. The molecule has 0 spiro atoms. The van der Waals surface area contributed by atoms with Crippen LogP contribution >= 0.6 is 0 Å². The maximum Gasteiger partial charge on any atom is 0.251 e. The Labute approximate surface area is 155 Å². The molecule has 2 aliphatic rings. The van der Waals surface area contributed by atoms with E-state index in [0.29, 0.717) is 5.92 Å². The lowest BCUT2D eigenvalue weighted by Crippen LogP contribution is -2.30. The lowest BCUT2D eigenvalue weighted by atomic mass is 9.89. The molecule has 1 atom stereocenters. The van der Waals surface area contributed by atoms with Crippen molar-refractivity contribution in [3.8, 4) is 0 Å². The van der Waals surface area contributed by atoms with Gasteiger partial charge in [0, 0.05) is 36.6 Å². The van der Waals surface area contributed by atoms with Crippen LogP contribution < -0.4 is 16.0 Å². The standard InChI is InChI=1S/C21H28N4O/c22-16-11-12-25(14-16)20-10-9-17-18(7-4-8-19(17)24-20)21(26)23-13-15-5-2-1-3-6-15/h4,7-10,15-16H,1-3,5-6,11-14,22H2,(H,23,26)/t16-/m0/s1. The number of fused-ring (bicyclic) bond motifs is 1. The summed E-state index contributed by atoms with van der Waals surface area (Å²) in [4.78, 5) is 19.7. The fourth-order valence-electron chi connectivity index (χ4n) is 4.24. The SMILES string of the molecule is N[C@H]1CCN(c2ccc3c(C(=O)NCC4CCCCC4)cccc3n2)C1. The Hall–Kier alpha value is -2.14. The lowest BCUT2D eigenvalue weighted by Gasteiger charge is -2.22. The molecule has 1 aromatic carbocycles. The van der Waals surface area contributed by atoms with Crippen molar-refractivity contribution in [3.05, 3.63) is 35.9 Å². The molecule has 0 bridgehead atoms. The van der Waals surface area contributed by atoms with Crippen LogP contribution in [0.1, 0.15) is 48.9 Å². The number of carbonyl (C=O) groups is 1. The predicted octanol–water partition coefficient (Wildman–Crippen LogP) is 3.08. The van der Waals surface area contributed by atoms with E-state index in [1.807, 2.05) is 30.3 Å². The number of carbonyl (C=O) groups excluding carboxylic acids is 1. The number of nitrogens with one attached hydrogen (secondary N) is 1. The van der Waals surface area contributed by atoms with Crippen LogP contribution in [0.15, 0.2) is 30.3 Å². The summed E-state index contributed by atoms with van der Waals surface area (Å²) < 4.78 is 0. The zero-order valence-electron chi connectivity index (χ0n) is 15.3. The Morgan fingerprint density at radius 1 is 1.15 bits per heavy atom. The second-order valence-electron chi connectivity index (χ2n) is 7.75. The van der Waals surface area contributed by atoms with Crippen molar-refractivity contribution >= 4 is 22.6 Å². The highest BCUT2D eigenvalue weighted by Crippen LogP contribution is 2.25. The molecule has 1 saturated heterocycles. The van der Waals surface area contributed by atoms with E-state index >= 15 is 0 Å². The molecule has 2 fully saturated rings. The summed E-state index contributed by atoms with van der Waals surface area (Å²) in [7, 11) is 0. The number of aromatic nitrogens is 1. The van der Waals surface area contributed by atoms with Crippen LogP contribution in [0.3, 0.4) is 0 Å². The number of rotatable bonds is 4. The number of nitrogens with zero attached hydrogens (tertiary/aromatic N) is 2. The first-order chi connectivity index (χ1) is 12.7. The fourth-order valence-corrected chi connectivity index (χ4v) is 4.24. The van der Waals surface area contributed by atoms with E-state index in [1.165, 1.54) is 32.1 Å². The molecule has 4 rings (SSSR count). The van der Waals surface area contributed by atoms with Crippen molar-refractivity contribution in [1.82, 2.24) is 10.3 Å². The molecular formula is C21H28N4O. The summed E-state index contributed by atoms with van der Waals surface area (Å²) in [5, 5.41) is 4.06. The van der Waals surface area contributed by atoms with Crippen molar-refractivity contribution < 1.29 is 4.79 Å². The molecule has 5 nitrogen and oxygen atoms in total. The first-order valence-corrected chi connectivity index (χ1v) is 9.89. The predicted molar refractivity (Wildman–Crippen MR) is 105 cm³/mol. The molecule has 1 aliphatic heterocycles. The Bertz CT molecular complexity index is 785. The smallest absolute Gasteiger partial charge is 0.251 e. The van der Waals surface area contributed by atoms with Crippen LogP contribution in [0.2, 0.25) is 0 Å². The molecule has 5 heteroatoms. The number of nitrogens with two attached hydrogens (primary N) is 1. The molecule has 3 N–H and O–H groups in total. The van der Waals surface area contributed by atoms with Gasteiger partial charge < -0.3 is 16.0 Å². The third kappa shape index (κ3) is 3.68. The van der Waals surface area contributed by atoms with E-state index < -0.39 is 0 Å². The minimum atomic E-state index is 0.0129. The van der Waals surface area contributed by atoms with Gasteiger partial charge in [-0.15, -0.1) is 0 Å². The van der Waals surface area contributed by atoms with Gasteiger partial charge >= 0.3 is 0 Å². The largest absolute Gasteiger partial charge is 0.355 e. The highest BCUT2D eigenvalue weighted by atomic mass is 16.1. The van der Waals surface area contributed by atoms with Gasteiger partial charge in [-0.25, -0.2) is 4.98 Å². The summed E-state index contributed by atoms with van der Waals surface area (Å²) in [6, 6.07) is 10.1. The highest BCUT2D eigenvalue weighted by Gasteiger charge is 2.21. The van der Waals surface area contributed by atoms with Crippen LogP contribution in [0.4, 0.5) is 5.82 Å². The van der Waals surface area contributed by atoms with Crippen LogP contribution in [-0.2, 0) is 0 Å². The van der Waals surface area contributed by atoms with E-state index in [-0.39, 0.29) is 11.9 Å². The zero-order chi connectivity index (χ0) is 17.9. The average Bonchev–Trinajstić information content (AvgIpc) is 3.12. The molecule has 0 unspecified atom stereocenters. The van der Waals surface area contributed by atoms with Crippen molar-refractivity contribution in [3.63, 3.8) is 0 Å². The maximum atomic E-state index is 12.7. The molecule has 2 aromatic rings. The second kappa shape index (κ2) is 7.62. The highest BCUT2D eigenvalue weighted by molar-refractivity contribution is 6.06. The number of hydrogen-bond donors (Lipinski definition) is 2. The molecule has 1 aliphatic carbocycles. The zero-order valence-corrected chi connectivity index (χ0v) is 15.3. The van der Waals surface area contributed by atoms with Gasteiger partial charge in [-0.2, -0.15) is 0 Å². The van der Waals surface area contributed by atoms with Gasteiger partial charge in [0.15, 0.2) is 0 Å². The molecule has 138 valence electrons. The minimum Gasteiger partial charge on any atom is -0.355 e. The normalized spacial score (nSPS) is 21.3. The van der Waals surface area contributed by atoms with Crippen molar-refractivity contribution in [2.45, 2.75) is 44.6 Å². The summed E-state index contributed by atoms with van der Waals surface area (Å²) in [5.41, 5.74) is 7.60. The number of hydrogen-bond acceptors (Lipinski definition) is 4. The van der Waals surface area contributed by atoms with Crippen LogP contribution in [-0.4, -0.2) is 36.6 Å². The third-order valence-electron chi connectivity index (χ3n) is 5.79. The van der Waals surface area contributed by atoms with E-state index in [1.54, 1.807) is 0 Å². The minimum absolute atomic E-state index is 0.0129. The number of pyridine rings is 1. The Balaban J connectivity index is 1.50. The van der Waals surface area contributed by atoms with Gasteiger partial charge in [0.25, 0.3) is 5.91 Å². The number of anilines is 1. The van der Waals surface area contributed by atoms with Gasteiger partial charge in [0.1, 0.15) is 5.82 Å². The summed E-state index contributed by atoms with van der Waals surface area (Å²) in [5.74, 6) is 1.59. The van der Waals surface area contributed by atoms with Crippen LogP contribution in [0, 0.1) is 5.92 Å². The van der Waals surface area contributed by atoms with Gasteiger partial charge in [-0.3, -0.25) is 4.79 Å². The van der Waals surface area contributed by atoms with Gasteiger partial charge in [-0.05, 0) is 49.4 Å². The molecule has 1 aromatic heterocycles. The summed E-state index contributed by atoms with van der Waals surface area (Å²) >= 11 is 0. The summed E-state index contributed by atoms with van der Waals surface area (Å²) in [6.45, 7) is 2.58. The number of amides is 1. The summed E-state index contributed by atoms with van der Waals surface area (Å²) in [6.07, 6.45) is 7.40. The first-order valence-electron chi connectivity index (χ1n) is 9.89. The average molecular weight is 352 g/mol. The lowest BCUT2D eigenvalue weighted by molar-refractivity contribution is 0.0945. The van der Waals surface area contributed by atoms with Crippen molar-refractivity contribution in [1.29, 1.82) is 0 Å². The molecule has 1 saturated carbocycles. The van der Waals surface area contributed by atoms with Gasteiger partial charge in [0.05, 0.1) is 5.52 Å². The van der Waals surface area contributed by atoms with Gasteiger partial charge in [-0.1, -0.05) is 25.3 Å². The van der Waals surface area contributed by atoms with E-state index in [4.69, 9.17) is 10.7 Å². The molecular weight excluding hydrogens is 324 g/mol. The second-order valence-corrected chi connectivity index (χ2v) is 7.75. The quantitative estimate of drug-likeness (QED) is 0.887. The Morgan fingerprint density at radius 2 is 2.00 bits per heavy atom. The maximum absolute atomic E-state index is 12.7. The van der Waals surface area contributed by atoms with Crippen molar-refractivity contribution in [2.24, 2.45) is 11.7 Å². The van der Waals surface area contributed by atoms with Crippen LogP contribution in [0.25, 0.3) is 10.9 Å². The van der Waals surface area contributed by atoms with E-state index in [9.17, 15) is 4.79 Å². The third-order valence-corrected chi connectivity index (χ3v) is 5.79. The van der Waals surface area contributed by atoms with E-state index in [2.05, 4.69) is 10.2 Å². The fraction of sp³-hybridized carbons (Fsp3) is 0.524. The first kappa shape index (κ1) is 17.3. The molecule has 2 heterocycles. The van der Waals surface area contributed by atoms with E-state index in [0.717, 1.165) is 48.3 Å². The Morgan fingerprint density at radius 3 is 2.77 bits per heavy atom. The van der Waals surface area contributed by atoms with Crippen LogP contribution in [0.5, 0.6) is 0 Å². The topological polar surface area (TPSA) is 71.2 Å².